The van der Waals surface area contributed by atoms with E-state index in [0.717, 1.165) is 13.0 Å². The van der Waals surface area contributed by atoms with Crippen molar-refractivity contribution < 1.29 is 32.9 Å². The number of halogens is 3. The number of aryl methyl sites for hydroxylation is 1. The molecular weight excluding hydrogens is 489 g/mol. The first kappa shape index (κ1) is 26.8. The Hall–Kier alpha value is -3.28. The fraction of sp³-hybridized carbons (Fsp3) is 0.423. The van der Waals surface area contributed by atoms with Crippen molar-refractivity contribution in [2.75, 3.05) is 31.0 Å². The molecule has 3 atom stereocenters. The van der Waals surface area contributed by atoms with Gasteiger partial charge in [0, 0.05) is 30.7 Å². The predicted octanol–water partition coefficient (Wildman–Crippen LogP) is 3.92. The van der Waals surface area contributed by atoms with Gasteiger partial charge in [0.25, 0.3) is 5.91 Å². The van der Waals surface area contributed by atoms with Crippen LogP contribution in [0.1, 0.15) is 49.3 Å². The molecule has 0 fully saturated rings. The van der Waals surface area contributed by atoms with Gasteiger partial charge in [-0.05, 0) is 45.9 Å². The summed E-state index contributed by atoms with van der Waals surface area (Å²) in [6, 6.07) is 6.15. The number of aliphatic hydroxyl groups is 2. The van der Waals surface area contributed by atoms with Gasteiger partial charge in [-0.1, -0.05) is 12.1 Å². The van der Waals surface area contributed by atoms with Crippen LogP contribution >= 0.6 is 0 Å². The lowest BCUT2D eigenvalue weighted by molar-refractivity contribution is -0.197. The van der Waals surface area contributed by atoms with Gasteiger partial charge in [0.1, 0.15) is 17.5 Å². The largest absolute Gasteiger partial charge is 0.393 e. The lowest BCUT2D eigenvalue weighted by Crippen LogP contribution is -2.47. The van der Waals surface area contributed by atoms with Crippen LogP contribution in [0.2, 0.25) is 0 Å². The number of aromatic nitrogens is 2. The molecule has 2 aromatic carbocycles. The Morgan fingerprint density at radius 2 is 1.95 bits per heavy atom. The van der Waals surface area contributed by atoms with Crippen LogP contribution in [-0.4, -0.2) is 52.5 Å². The molecule has 4 rings (SSSR count). The average Bonchev–Trinajstić information content (AvgIpc) is 3.03. The zero-order chi connectivity index (χ0) is 27.5. The number of rotatable bonds is 7. The number of fused-ring (bicyclic) bond motifs is 2. The highest BCUT2D eigenvalue weighted by atomic mass is 19.3. The van der Waals surface area contributed by atoms with Gasteiger partial charge in [-0.25, -0.2) is 14.4 Å². The topological polar surface area (TPSA) is 108 Å². The molecule has 2 heterocycles. The summed E-state index contributed by atoms with van der Waals surface area (Å²) in [5.41, 5.74) is -3.39. The van der Waals surface area contributed by atoms with Crippen molar-refractivity contribution >= 4 is 28.3 Å². The molecule has 8 nitrogen and oxygen atoms in total. The van der Waals surface area contributed by atoms with E-state index in [2.05, 4.69) is 15.3 Å². The fourth-order valence-electron chi connectivity index (χ4n) is 4.59. The van der Waals surface area contributed by atoms with Crippen LogP contribution in [0, 0.1) is 12.7 Å². The van der Waals surface area contributed by atoms with Crippen LogP contribution in [0.15, 0.2) is 30.3 Å². The highest BCUT2D eigenvalue weighted by molar-refractivity contribution is 6.09. The summed E-state index contributed by atoms with van der Waals surface area (Å²) in [6.45, 7) is 4.42. The van der Waals surface area contributed by atoms with Crippen molar-refractivity contribution in [3.63, 3.8) is 0 Å². The number of amides is 1. The molecule has 0 unspecified atom stereocenters. The maximum absolute atomic E-state index is 15.4. The molecule has 1 amide bonds. The highest BCUT2D eigenvalue weighted by Gasteiger charge is 2.52. The van der Waals surface area contributed by atoms with Crippen LogP contribution in [-0.2, 0) is 21.1 Å². The first-order chi connectivity index (χ1) is 17.2. The van der Waals surface area contributed by atoms with E-state index in [0.29, 0.717) is 33.8 Å². The number of aliphatic hydroxyl groups excluding tert-OH is 1. The molecule has 11 heteroatoms. The molecule has 37 heavy (non-hydrogen) atoms. The fourth-order valence-corrected chi connectivity index (χ4v) is 4.59. The minimum atomic E-state index is -4.05. The number of ether oxygens (including phenoxy) is 1. The Kier molecular flexibility index (Phi) is 6.46. The van der Waals surface area contributed by atoms with Crippen LogP contribution in [0.5, 0.6) is 0 Å². The summed E-state index contributed by atoms with van der Waals surface area (Å²) < 4.78 is 50.7. The zero-order valence-electron chi connectivity index (χ0n) is 21.4. The molecule has 0 bridgehead atoms. The molecule has 0 saturated heterocycles. The summed E-state index contributed by atoms with van der Waals surface area (Å²) in [6.07, 6.45) is 0. The number of alkyl halides is 2. The zero-order valence-corrected chi connectivity index (χ0v) is 21.4. The van der Waals surface area contributed by atoms with Gasteiger partial charge in [-0.2, -0.15) is 8.78 Å². The molecule has 198 valence electrons. The number of hydrogen-bond acceptors (Lipinski definition) is 7. The summed E-state index contributed by atoms with van der Waals surface area (Å²) in [7, 11) is 3.08. The van der Waals surface area contributed by atoms with Gasteiger partial charge < -0.3 is 25.2 Å². The number of methoxy groups -OCH3 is 1. The van der Waals surface area contributed by atoms with Crippen LogP contribution in [0.3, 0.4) is 0 Å². The number of carbonyl (C=O) groups is 1. The Morgan fingerprint density at radius 3 is 2.57 bits per heavy atom. The Balaban J connectivity index is 1.79. The molecular formula is C26H29F3N4O4. The summed E-state index contributed by atoms with van der Waals surface area (Å²) in [5, 5.41) is 22.8. The van der Waals surface area contributed by atoms with Gasteiger partial charge in [0.2, 0.25) is 0 Å². The molecule has 0 saturated carbocycles. The lowest BCUT2D eigenvalue weighted by Gasteiger charge is -2.32. The number of benzene rings is 2. The van der Waals surface area contributed by atoms with Crippen molar-refractivity contribution in [1.82, 2.24) is 9.97 Å². The molecule has 0 radical (unpaired) electrons. The molecule has 1 aliphatic rings. The van der Waals surface area contributed by atoms with E-state index in [9.17, 15) is 23.8 Å². The van der Waals surface area contributed by atoms with Gasteiger partial charge >= 0.3 is 5.92 Å². The van der Waals surface area contributed by atoms with E-state index < -0.39 is 41.2 Å². The Morgan fingerprint density at radius 1 is 1.27 bits per heavy atom. The van der Waals surface area contributed by atoms with E-state index >= 15 is 4.39 Å². The second-order valence-electron chi connectivity index (χ2n) is 9.69. The molecule has 3 N–H and O–H groups in total. The standard InChI is InChI=1S/C26H29F3N4O4/c1-13(15-8-7-9-17(21(15)27)26(28,29)24(3,36)12-34)30-22-16-10-20-18(11-19(16)31-14(2)32-22)25(4,37-6)23(35)33(20)5/h7-11,13,34,36H,12H2,1-6H3,(H,30,31,32)/t13-,24-,25+/m1/s1. The van der Waals surface area contributed by atoms with E-state index in [-0.39, 0.29) is 11.5 Å². The highest BCUT2D eigenvalue weighted by Crippen LogP contribution is 2.45. The number of anilines is 2. The lowest BCUT2D eigenvalue weighted by atomic mass is 9.90. The van der Waals surface area contributed by atoms with Crippen molar-refractivity contribution in [2.45, 2.75) is 50.9 Å². The minimum absolute atomic E-state index is 0.0873. The van der Waals surface area contributed by atoms with E-state index in [4.69, 9.17) is 4.74 Å². The second-order valence-corrected chi connectivity index (χ2v) is 9.69. The Bertz CT molecular complexity index is 1400. The minimum Gasteiger partial charge on any atom is -0.393 e. The summed E-state index contributed by atoms with van der Waals surface area (Å²) >= 11 is 0. The number of likely N-dealkylation sites (N-methyl/N-ethyl adjacent to an activating group) is 1. The van der Waals surface area contributed by atoms with Crippen molar-refractivity contribution in [1.29, 1.82) is 0 Å². The maximum atomic E-state index is 15.4. The third-order valence-corrected chi connectivity index (χ3v) is 7.09. The molecule has 0 spiro atoms. The molecule has 3 aromatic rings. The Labute approximate surface area is 212 Å². The van der Waals surface area contributed by atoms with E-state index in [1.165, 1.54) is 24.1 Å². The number of nitrogens with one attached hydrogen (secondary N) is 1. The predicted molar refractivity (Wildman–Crippen MR) is 132 cm³/mol. The summed E-state index contributed by atoms with van der Waals surface area (Å²) in [5.74, 6) is -4.78. The van der Waals surface area contributed by atoms with Crippen LogP contribution in [0.4, 0.5) is 24.7 Å². The van der Waals surface area contributed by atoms with Gasteiger partial charge in [-0.15, -0.1) is 0 Å². The number of carbonyl (C=O) groups excluding carboxylic acids is 1. The summed E-state index contributed by atoms with van der Waals surface area (Å²) in [4.78, 5) is 23.3. The number of nitrogens with zero attached hydrogens (tertiary/aromatic N) is 3. The van der Waals surface area contributed by atoms with Crippen molar-refractivity contribution in [3.8, 4) is 0 Å². The second kappa shape index (κ2) is 8.93. The third-order valence-electron chi connectivity index (χ3n) is 7.09. The quantitative estimate of drug-likeness (QED) is 0.435. The van der Waals surface area contributed by atoms with Gasteiger partial charge in [0.15, 0.2) is 11.2 Å². The van der Waals surface area contributed by atoms with Crippen LogP contribution in [0.25, 0.3) is 10.9 Å². The normalized spacial score (nSPS) is 20.2. The van der Waals surface area contributed by atoms with Crippen molar-refractivity contribution in [3.05, 3.63) is 58.7 Å². The SMILES string of the molecule is CO[C@]1(C)C(=O)N(C)c2cc3c(N[C@H](C)c4cccc(C(F)(F)[C@](C)(O)CO)c4F)nc(C)nc3cc21. The smallest absolute Gasteiger partial charge is 0.306 e. The van der Waals surface area contributed by atoms with Crippen LogP contribution < -0.4 is 10.2 Å². The maximum Gasteiger partial charge on any atom is 0.306 e. The first-order valence-corrected chi connectivity index (χ1v) is 11.6. The van der Waals surface area contributed by atoms with E-state index in [1.54, 1.807) is 40.0 Å². The van der Waals surface area contributed by atoms with Gasteiger partial charge in [-0.3, -0.25) is 4.79 Å². The third kappa shape index (κ3) is 4.01. The average molecular weight is 519 g/mol. The number of hydrogen-bond donors (Lipinski definition) is 3. The van der Waals surface area contributed by atoms with Crippen molar-refractivity contribution in [2.24, 2.45) is 0 Å². The molecule has 0 aliphatic carbocycles. The van der Waals surface area contributed by atoms with Gasteiger partial charge in [0.05, 0.1) is 29.4 Å². The first-order valence-electron chi connectivity index (χ1n) is 11.6. The monoisotopic (exact) mass is 518 g/mol. The molecule has 1 aliphatic heterocycles. The van der Waals surface area contributed by atoms with E-state index in [1.807, 2.05) is 0 Å². The molecule has 1 aromatic heterocycles.